The maximum atomic E-state index is 14.6. The lowest BCUT2D eigenvalue weighted by molar-refractivity contribution is -0.232. The van der Waals surface area contributed by atoms with Crippen LogP contribution in [0.5, 0.6) is 0 Å². The Balaban J connectivity index is 1.29. The number of nitrogens with one attached hydrogen (secondary N) is 1. The van der Waals surface area contributed by atoms with Gasteiger partial charge in [-0.15, -0.1) is 0 Å². The van der Waals surface area contributed by atoms with E-state index in [1.807, 2.05) is 11.7 Å². The number of carbonyl (C=O) groups is 3. The number of Topliss-reactive ketones (excluding diaryl/α,β-unsaturated/α-hetero) is 1. The third kappa shape index (κ3) is 6.15. The molecule has 1 aromatic heterocycles. The molecule has 7 unspecified atom stereocenters. The van der Waals surface area contributed by atoms with Gasteiger partial charge in [0, 0.05) is 29.2 Å². The SMILES string of the molecule is CNCCn1c(C23CC[C@]4(C)C(CCC5C6(C)CCC(OC(=O)CC(C)(C)C=O)C(C)(C)C6CCC54C)C2=C(C(C)C)C(=O)C3)c(Cl)c(=O)n1-c1ccc(C#N)cc1. The minimum Gasteiger partial charge on any atom is -0.462 e. The number of carbonyl (C=O) groups excluding carboxylic acids is 3. The van der Waals surface area contributed by atoms with Gasteiger partial charge in [0.15, 0.2) is 5.78 Å². The van der Waals surface area contributed by atoms with E-state index in [0.717, 1.165) is 68.9 Å². The van der Waals surface area contributed by atoms with Gasteiger partial charge in [0.05, 0.1) is 36.0 Å². The van der Waals surface area contributed by atoms with Crippen LogP contribution < -0.4 is 10.9 Å². The van der Waals surface area contributed by atoms with E-state index in [1.54, 1.807) is 42.8 Å². The quantitative estimate of drug-likeness (QED) is 0.188. The molecule has 58 heavy (non-hydrogen) atoms. The highest BCUT2D eigenvalue weighted by Gasteiger charge is 2.71. The van der Waals surface area contributed by atoms with Crippen molar-refractivity contribution in [2.24, 2.45) is 50.7 Å². The van der Waals surface area contributed by atoms with Crippen LogP contribution in [0.25, 0.3) is 5.69 Å². The number of aromatic nitrogens is 2. The zero-order valence-corrected chi connectivity index (χ0v) is 37.3. The smallest absolute Gasteiger partial charge is 0.307 e. The van der Waals surface area contributed by atoms with Crippen molar-refractivity contribution in [2.75, 3.05) is 13.6 Å². The number of aldehydes is 1. The monoisotopic (exact) mass is 812 g/mol. The highest BCUT2D eigenvalue weighted by molar-refractivity contribution is 6.31. The Morgan fingerprint density at radius 3 is 2.31 bits per heavy atom. The van der Waals surface area contributed by atoms with Crippen molar-refractivity contribution in [3.63, 3.8) is 0 Å². The lowest BCUT2D eigenvalue weighted by atomic mass is 9.33. The lowest BCUT2D eigenvalue weighted by Crippen LogP contribution is -2.66. The number of nitriles is 1. The number of benzene rings is 1. The summed E-state index contributed by atoms with van der Waals surface area (Å²) in [5, 5.41) is 13.0. The van der Waals surface area contributed by atoms with E-state index >= 15 is 0 Å². The summed E-state index contributed by atoms with van der Waals surface area (Å²) < 4.78 is 9.95. The van der Waals surface area contributed by atoms with Crippen molar-refractivity contribution in [1.29, 1.82) is 5.26 Å². The number of nitrogens with zero attached hydrogens (tertiary/aromatic N) is 3. The van der Waals surface area contributed by atoms with Crippen molar-refractivity contribution in [1.82, 2.24) is 14.7 Å². The predicted octanol–water partition coefficient (Wildman–Crippen LogP) is 9.14. The van der Waals surface area contributed by atoms with Crippen molar-refractivity contribution >= 4 is 29.6 Å². The summed E-state index contributed by atoms with van der Waals surface area (Å²) in [4.78, 5) is 53.8. The topological polar surface area (TPSA) is 123 Å². The van der Waals surface area contributed by atoms with Crippen LogP contribution in [0.15, 0.2) is 40.2 Å². The summed E-state index contributed by atoms with van der Waals surface area (Å²) >= 11 is 7.32. The first-order chi connectivity index (χ1) is 27.2. The molecule has 0 radical (unpaired) electrons. The van der Waals surface area contributed by atoms with E-state index in [9.17, 15) is 24.4 Å². The molecule has 1 aromatic carbocycles. The minimum absolute atomic E-state index is 0.00829. The summed E-state index contributed by atoms with van der Waals surface area (Å²) in [6, 6.07) is 9.22. The van der Waals surface area contributed by atoms with Gasteiger partial charge < -0.3 is 14.8 Å². The van der Waals surface area contributed by atoms with Gasteiger partial charge in [0.1, 0.15) is 17.4 Å². The van der Waals surface area contributed by atoms with Gasteiger partial charge >= 0.3 is 5.97 Å². The van der Waals surface area contributed by atoms with Gasteiger partial charge in [-0.3, -0.25) is 19.1 Å². The number of halogens is 1. The normalized spacial score (nSPS) is 34.2. The first-order valence-electron chi connectivity index (χ1n) is 21.8. The van der Waals surface area contributed by atoms with E-state index in [4.69, 9.17) is 16.3 Å². The number of hydrogen-bond acceptors (Lipinski definition) is 7. The molecule has 2 aromatic rings. The molecule has 314 valence electrons. The van der Waals surface area contributed by atoms with Crippen molar-refractivity contribution in [3.05, 3.63) is 62.0 Å². The van der Waals surface area contributed by atoms with Gasteiger partial charge in [-0.25, -0.2) is 4.68 Å². The maximum absolute atomic E-state index is 14.6. The van der Waals surface area contributed by atoms with Crippen LogP contribution in [0.2, 0.25) is 5.02 Å². The lowest BCUT2D eigenvalue weighted by Gasteiger charge is -2.72. The summed E-state index contributed by atoms with van der Waals surface area (Å²) in [5.41, 5.74) is 2.04. The van der Waals surface area contributed by atoms with Gasteiger partial charge in [-0.05, 0) is 134 Å². The predicted molar refractivity (Wildman–Crippen MR) is 227 cm³/mol. The van der Waals surface area contributed by atoms with Crippen LogP contribution >= 0.6 is 11.6 Å². The number of esters is 1. The summed E-state index contributed by atoms with van der Waals surface area (Å²) in [6.45, 7) is 21.1. The summed E-state index contributed by atoms with van der Waals surface area (Å²) in [7, 11) is 1.89. The molecule has 0 aliphatic heterocycles. The fourth-order valence-electron chi connectivity index (χ4n) is 14.0. The number of allylic oxidation sites excluding steroid dienone is 2. The highest BCUT2D eigenvalue weighted by Crippen LogP contribution is 2.77. The number of hydrogen-bond donors (Lipinski definition) is 1. The first kappa shape index (κ1) is 42.6. The molecule has 4 saturated carbocycles. The van der Waals surface area contributed by atoms with Crippen molar-refractivity contribution < 1.29 is 19.1 Å². The van der Waals surface area contributed by atoms with Crippen LogP contribution in [0.4, 0.5) is 0 Å². The van der Waals surface area contributed by atoms with E-state index in [0.29, 0.717) is 42.6 Å². The Kier molecular flexibility index (Phi) is 10.7. The van der Waals surface area contributed by atoms with Crippen LogP contribution in [-0.2, 0) is 31.1 Å². The van der Waals surface area contributed by atoms with E-state index < -0.39 is 10.8 Å². The molecule has 0 spiro atoms. The molecular formula is C48H65ClN4O5. The third-order valence-corrected chi connectivity index (χ3v) is 17.3. The molecule has 9 nitrogen and oxygen atoms in total. The fraction of sp³-hybridized carbons (Fsp3) is 0.688. The number of ether oxygens (including phenoxy) is 1. The van der Waals surface area contributed by atoms with E-state index in [-0.39, 0.29) is 68.4 Å². The van der Waals surface area contributed by atoms with Crippen molar-refractivity contribution in [2.45, 2.75) is 145 Å². The molecule has 0 bridgehead atoms. The minimum atomic E-state index is -0.748. The van der Waals surface area contributed by atoms with Crippen LogP contribution in [0.1, 0.15) is 138 Å². The Bertz CT molecular complexity index is 2140. The van der Waals surface area contributed by atoms with Crippen LogP contribution in [0.3, 0.4) is 0 Å². The molecule has 4 fully saturated rings. The highest BCUT2D eigenvalue weighted by atomic mass is 35.5. The molecule has 10 heteroatoms. The molecule has 1 heterocycles. The molecule has 0 amide bonds. The molecule has 1 N–H and O–H groups in total. The number of likely N-dealkylation sites (N-methyl/N-ethyl adjacent to an activating group) is 1. The largest absolute Gasteiger partial charge is 0.462 e. The second-order valence-corrected chi connectivity index (χ2v) is 21.4. The second kappa shape index (κ2) is 14.6. The Hall–Kier alpha value is -3.48. The molecular weight excluding hydrogens is 748 g/mol. The molecule has 8 atom stereocenters. The summed E-state index contributed by atoms with van der Waals surface area (Å²) in [5.74, 6) is 0.888. The summed E-state index contributed by atoms with van der Waals surface area (Å²) in [6.07, 6.45) is 8.59. The van der Waals surface area contributed by atoms with Crippen LogP contribution in [-0.4, -0.2) is 47.1 Å². The fourth-order valence-corrected chi connectivity index (χ4v) is 14.4. The van der Waals surface area contributed by atoms with Gasteiger partial charge in [-0.1, -0.05) is 73.9 Å². The Morgan fingerprint density at radius 1 is 1.00 bits per heavy atom. The molecule has 7 rings (SSSR count). The van der Waals surface area contributed by atoms with E-state index in [2.05, 4.69) is 59.9 Å². The third-order valence-electron chi connectivity index (χ3n) is 16.9. The number of fused-ring (bicyclic) bond motifs is 7. The zero-order valence-electron chi connectivity index (χ0n) is 36.5. The van der Waals surface area contributed by atoms with Crippen LogP contribution in [0, 0.1) is 62.1 Å². The van der Waals surface area contributed by atoms with E-state index in [1.165, 1.54) is 5.57 Å². The standard InChI is InChI=1S/C48H65ClN4O5/c1-29(2)38-33(55)25-48(41-40(49)42(57)53(52(41)24-23-51-10)31-13-11-30(27-50)12-14-31)22-21-46(8)32(39(38)48)15-16-35-45(7)19-18-36(58-37(56)26-43(3,4)28-54)44(5,6)34(45)17-20-47(35,46)9/h11-14,28-29,32,34-36,51H,15-26H2,1-10H3/t32?,34?,35?,36?,45?,46-,47?,48?/m1/s1. The van der Waals surface area contributed by atoms with Gasteiger partial charge in [0.2, 0.25) is 0 Å². The maximum Gasteiger partial charge on any atom is 0.307 e. The second-order valence-electron chi connectivity index (χ2n) is 21.1. The molecule has 0 saturated heterocycles. The number of ketones is 1. The first-order valence-corrected chi connectivity index (χ1v) is 22.2. The zero-order chi connectivity index (χ0) is 42.4. The molecule has 5 aliphatic carbocycles. The number of rotatable bonds is 10. The van der Waals surface area contributed by atoms with Gasteiger partial charge in [-0.2, -0.15) is 5.26 Å². The van der Waals surface area contributed by atoms with Gasteiger partial charge in [0.25, 0.3) is 5.56 Å². The van der Waals surface area contributed by atoms with Crippen molar-refractivity contribution in [3.8, 4) is 11.8 Å². The average Bonchev–Trinajstić information content (AvgIpc) is 3.61. The average molecular weight is 814 g/mol. The Morgan fingerprint density at radius 2 is 1.69 bits per heavy atom. The Labute approximate surface area is 350 Å². The molecule has 5 aliphatic rings.